The molecule has 0 aromatic carbocycles. The van der Waals surface area contributed by atoms with E-state index in [4.69, 9.17) is 0 Å². The van der Waals surface area contributed by atoms with Crippen molar-refractivity contribution >= 4 is 26.0 Å². The molecule has 0 amide bonds. The zero-order valence-electron chi connectivity index (χ0n) is 10.4. The quantitative estimate of drug-likeness (QED) is 0.905. The Hall–Kier alpha value is -0.470. The van der Waals surface area contributed by atoms with Crippen molar-refractivity contribution in [1.29, 1.82) is 0 Å². The molecular formula is C10H17BrN4O2S. The maximum absolute atomic E-state index is 12.2. The number of aromatic nitrogens is 3. The van der Waals surface area contributed by atoms with Gasteiger partial charge in [0.2, 0.25) is 5.03 Å². The highest BCUT2D eigenvalue weighted by Gasteiger charge is 2.30. The van der Waals surface area contributed by atoms with E-state index in [-0.39, 0.29) is 15.7 Å². The molecule has 0 bridgehead atoms. The molecule has 1 heterocycles. The van der Waals surface area contributed by atoms with E-state index in [9.17, 15) is 8.42 Å². The number of rotatable bonds is 3. The maximum Gasteiger partial charge on any atom is 0.262 e. The van der Waals surface area contributed by atoms with E-state index in [0.29, 0.717) is 5.92 Å². The van der Waals surface area contributed by atoms with Crippen molar-refractivity contribution < 1.29 is 8.42 Å². The van der Waals surface area contributed by atoms with E-state index in [1.165, 1.54) is 11.2 Å². The van der Waals surface area contributed by atoms with Crippen LogP contribution < -0.4 is 4.72 Å². The Bertz CT molecular complexity index is 528. The molecule has 2 unspecified atom stereocenters. The Morgan fingerprint density at radius 2 is 2.00 bits per heavy atom. The molecule has 1 aromatic heterocycles. The predicted molar refractivity (Wildman–Crippen MR) is 70.4 cm³/mol. The average molecular weight is 337 g/mol. The fourth-order valence-corrected chi connectivity index (χ4v) is 4.57. The summed E-state index contributed by atoms with van der Waals surface area (Å²) in [7, 11) is -2.00. The van der Waals surface area contributed by atoms with Crippen LogP contribution in [0.15, 0.2) is 9.63 Å². The number of aryl methyl sites for hydroxylation is 1. The van der Waals surface area contributed by atoms with E-state index in [2.05, 4.69) is 37.8 Å². The summed E-state index contributed by atoms with van der Waals surface area (Å²) < 4.78 is 27.4. The molecule has 1 fully saturated rings. The normalized spacial score (nSPS) is 25.3. The molecule has 1 aromatic rings. The van der Waals surface area contributed by atoms with Gasteiger partial charge in [0.25, 0.3) is 10.0 Å². The van der Waals surface area contributed by atoms with Gasteiger partial charge >= 0.3 is 0 Å². The highest BCUT2D eigenvalue weighted by atomic mass is 79.9. The minimum Gasteiger partial charge on any atom is -0.206 e. The minimum atomic E-state index is -3.59. The first-order valence-electron chi connectivity index (χ1n) is 5.99. The van der Waals surface area contributed by atoms with E-state index in [0.717, 1.165) is 19.3 Å². The van der Waals surface area contributed by atoms with Crippen molar-refractivity contribution in [2.24, 2.45) is 13.0 Å². The zero-order chi connectivity index (χ0) is 13.3. The van der Waals surface area contributed by atoms with Gasteiger partial charge < -0.3 is 0 Å². The van der Waals surface area contributed by atoms with Crippen LogP contribution in [-0.2, 0) is 17.1 Å². The minimum absolute atomic E-state index is 0.00217. The summed E-state index contributed by atoms with van der Waals surface area (Å²) in [5, 5.41) is 7.73. The molecule has 1 saturated carbocycles. The summed E-state index contributed by atoms with van der Waals surface area (Å²) in [5.74, 6) is 0.365. The van der Waals surface area contributed by atoms with Crippen molar-refractivity contribution in [3.05, 3.63) is 4.60 Å². The van der Waals surface area contributed by atoms with Gasteiger partial charge in [0.1, 0.15) is 0 Å². The fourth-order valence-electron chi connectivity index (χ4n) is 2.28. The van der Waals surface area contributed by atoms with Gasteiger partial charge in [-0.3, -0.25) is 0 Å². The standard InChI is InChI=1S/C10H17BrN4O2S/c1-7-5-3-4-6-8(7)14-18(16,17)10-9(11)12-15(2)13-10/h7-8,14H,3-6H2,1-2H3. The third kappa shape index (κ3) is 2.92. The number of halogens is 1. The van der Waals surface area contributed by atoms with E-state index in [1.54, 1.807) is 7.05 Å². The molecule has 2 rings (SSSR count). The van der Waals surface area contributed by atoms with Crippen LogP contribution >= 0.6 is 15.9 Å². The molecule has 8 heteroatoms. The number of hydrogen-bond donors (Lipinski definition) is 1. The second-order valence-electron chi connectivity index (χ2n) is 4.77. The van der Waals surface area contributed by atoms with Crippen LogP contribution in [0.4, 0.5) is 0 Å². The number of nitrogens with zero attached hydrogens (tertiary/aromatic N) is 3. The molecule has 0 spiro atoms. The lowest BCUT2D eigenvalue weighted by Crippen LogP contribution is -2.41. The van der Waals surface area contributed by atoms with Crippen molar-refractivity contribution in [3.8, 4) is 0 Å². The third-order valence-corrected chi connectivity index (χ3v) is 5.51. The van der Waals surface area contributed by atoms with Crippen LogP contribution in [0.1, 0.15) is 32.6 Å². The van der Waals surface area contributed by atoms with Crippen molar-refractivity contribution in [2.75, 3.05) is 0 Å². The summed E-state index contributed by atoms with van der Waals surface area (Å²) in [4.78, 5) is 1.24. The van der Waals surface area contributed by atoms with Gasteiger partial charge in [-0.2, -0.15) is 4.80 Å². The molecule has 102 valence electrons. The molecule has 1 N–H and O–H groups in total. The summed E-state index contributed by atoms with van der Waals surface area (Å²) in [6.45, 7) is 2.08. The Morgan fingerprint density at radius 3 is 2.56 bits per heavy atom. The highest BCUT2D eigenvalue weighted by molar-refractivity contribution is 9.10. The lowest BCUT2D eigenvalue weighted by atomic mass is 9.87. The van der Waals surface area contributed by atoms with Gasteiger partial charge in [-0.15, -0.1) is 10.2 Å². The molecule has 2 atom stereocenters. The summed E-state index contributed by atoms with van der Waals surface area (Å²) >= 11 is 3.12. The average Bonchev–Trinajstić information content (AvgIpc) is 2.62. The van der Waals surface area contributed by atoms with Gasteiger partial charge in [-0.1, -0.05) is 19.8 Å². The van der Waals surface area contributed by atoms with Crippen LogP contribution in [0, 0.1) is 5.92 Å². The van der Waals surface area contributed by atoms with Crippen molar-refractivity contribution in [1.82, 2.24) is 19.7 Å². The Morgan fingerprint density at radius 1 is 1.33 bits per heavy atom. The summed E-state index contributed by atoms with van der Waals surface area (Å²) in [5.41, 5.74) is 0. The van der Waals surface area contributed by atoms with Gasteiger partial charge in [-0.05, 0) is 34.7 Å². The first kappa shape index (κ1) is 14.0. The largest absolute Gasteiger partial charge is 0.262 e. The first-order valence-corrected chi connectivity index (χ1v) is 8.27. The van der Waals surface area contributed by atoms with Crippen LogP contribution in [0.25, 0.3) is 0 Å². The molecule has 0 radical (unpaired) electrons. The monoisotopic (exact) mass is 336 g/mol. The summed E-state index contributed by atoms with van der Waals surface area (Å²) in [6.07, 6.45) is 4.19. The van der Waals surface area contributed by atoms with E-state index in [1.807, 2.05) is 0 Å². The van der Waals surface area contributed by atoms with Crippen LogP contribution in [0.2, 0.25) is 0 Å². The Labute approximate surface area is 115 Å². The molecular weight excluding hydrogens is 320 g/mol. The Kier molecular flexibility index (Phi) is 4.08. The maximum atomic E-state index is 12.2. The van der Waals surface area contributed by atoms with Crippen LogP contribution in [-0.4, -0.2) is 29.5 Å². The van der Waals surface area contributed by atoms with Crippen LogP contribution in [0.5, 0.6) is 0 Å². The first-order chi connectivity index (χ1) is 8.40. The lowest BCUT2D eigenvalue weighted by Gasteiger charge is -2.28. The summed E-state index contributed by atoms with van der Waals surface area (Å²) in [6, 6.07) is -0.00217. The van der Waals surface area contributed by atoms with E-state index >= 15 is 0 Å². The highest BCUT2D eigenvalue weighted by Crippen LogP contribution is 2.26. The smallest absolute Gasteiger partial charge is 0.206 e. The SMILES string of the molecule is CC1CCCCC1NS(=O)(=O)c1nn(C)nc1Br. The molecule has 1 aliphatic carbocycles. The Balaban J connectivity index is 2.19. The number of sulfonamides is 1. The second-order valence-corrected chi connectivity index (χ2v) is 7.16. The molecule has 18 heavy (non-hydrogen) atoms. The van der Waals surface area contributed by atoms with Gasteiger partial charge in [0, 0.05) is 13.1 Å². The van der Waals surface area contributed by atoms with E-state index < -0.39 is 10.0 Å². The third-order valence-electron chi connectivity index (χ3n) is 3.32. The predicted octanol–water partition coefficient (Wildman–Crippen LogP) is 1.43. The molecule has 0 saturated heterocycles. The number of hydrogen-bond acceptors (Lipinski definition) is 4. The van der Waals surface area contributed by atoms with Gasteiger partial charge in [0.15, 0.2) is 4.60 Å². The second kappa shape index (κ2) is 5.26. The van der Waals surface area contributed by atoms with Gasteiger partial charge in [-0.25, -0.2) is 13.1 Å². The topological polar surface area (TPSA) is 76.9 Å². The van der Waals surface area contributed by atoms with Crippen molar-refractivity contribution in [3.63, 3.8) is 0 Å². The zero-order valence-corrected chi connectivity index (χ0v) is 12.8. The van der Waals surface area contributed by atoms with Gasteiger partial charge in [0.05, 0.1) is 0 Å². The molecule has 6 nitrogen and oxygen atoms in total. The lowest BCUT2D eigenvalue weighted by molar-refractivity contribution is 0.310. The number of nitrogens with one attached hydrogen (secondary N) is 1. The molecule has 1 aliphatic rings. The fraction of sp³-hybridized carbons (Fsp3) is 0.800. The van der Waals surface area contributed by atoms with Crippen molar-refractivity contribution in [2.45, 2.75) is 43.7 Å². The molecule has 0 aliphatic heterocycles. The van der Waals surface area contributed by atoms with Crippen LogP contribution in [0.3, 0.4) is 0 Å².